The van der Waals surface area contributed by atoms with Crippen LogP contribution in [0, 0.1) is 25.5 Å². The second kappa shape index (κ2) is 7.82. The third-order valence-corrected chi connectivity index (χ3v) is 4.96. The molecule has 0 aliphatic carbocycles. The average molecular weight is 382 g/mol. The number of halogens is 2. The zero-order valence-electron chi connectivity index (χ0n) is 14.7. The van der Waals surface area contributed by atoms with Crippen molar-refractivity contribution in [2.45, 2.75) is 20.3 Å². The Kier molecular flexibility index (Phi) is 5.97. The molecule has 0 spiro atoms. The largest absolute Gasteiger partial charge is 0.326 e. The Labute approximate surface area is 151 Å². The van der Waals surface area contributed by atoms with Crippen LogP contribution in [0.25, 0.3) is 0 Å². The Morgan fingerprint density at radius 2 is 1.73 bits per heavy atom. The number of nitrogens with zero attached hydrogens (tertiary/aromatic N) is 1. The van der Waals surface area contributed by atoms with Crippen molar-refractivity contribution in [2.75, 3.05) is 22.4 Å². The Hall–Kier alpha value is -2.48. The summed E-state index contributed by atoms with van der Waals surface area (Å²) in [6.45, 7) is 3.32. The minimum absolute atomic E-state index is 0.256. The lowest BCUT2D eigenvalue weighted by atomic mass is 10.1. The molecule has 0 heterocycles. The van der Waals surface area contributed by atoms with Gasteiger partial charge in [-0.25, -0.2) is 17.2 Å². The number of anilines is 2. The van der Waals surface area contributed by atoms with Gasteiger partial charge >= 0.3 is 0 Å². The zero-order valence-corrected chi connectivity index (χ0v) is 15.5. The third-order valence-electron chi connectivity index (χ3n) is 3.80. The molecular weight excluding hydrogens is 362 g/mol. The van der Waals surface area contributed by atoms with Crippen molar-refractivity contribution in [2.24, 2.45) is 0 Å². The number of benzene rings is 2. The van der Waals surface area contributed by atoms with Gasteiger partial charge in [0.25, 0.3) is 0 Å². The van der Waals surface area contributed by atoms with E-state index in [-0.39, 0.29) is 13.0 Å². The molecule has 0 bridgehead atoms. The molecule has 2 rings (SSSR count). The van der Waals surface area contributed by atoms with Gasteiger partial charge in [-0.05, 0) is 43.2 Å². The van der Waals surface area contributed by atoms with Crippen LogP contribution >= 0.6 is 0 Å². The van der Waals surface area contributed by atoms with Crippen LogP contribution in [0.5, 0.6) is 0 Å². The summed E-state index contributed by atoms with van der Waals surface area (Å²) < 4.78 is 52.4. The number of sulfonamides is 1. The predicted molar refractivity (Wildman–Crippen MR) is 97.7 cm³/mol. The second-order valence-electron chi connectivity index (χ2n) is 6.02. The number of amides is 1. The fourth-order valence-electron chi connectivity index (χ4n) is 2.46. The van der Waals surface area contributed by atoms with Gasteiger partial charge < -0.3 is 5.32 Å². The smallest absolute Gasteiger partial charge is 0.232 e. The minimum atomic E-state index is -3.97. The molecule has 2 aromatic carbocycles. The van der Waals surface area contributed by atoms with Crippen LogP contribution in [0.15, 0.2) is 36.4 Å². The molecule has 26 heavy (non-hydrogen) atoms. The summed E-state index contributed by atoms with van der Waals surface area (Å²) in [6.07, 6.45) is 0.579. The lowest BCUT2D eigenvalue weighted by Crippen LogP contribution is -2.34. The highest BCUT2D eigenvalue weighted by Crippen LogP contribution is 2.25. The second-order valence-corrected chi connectivity index (χ2v) is 7.93. The molecule has 2 aromatic rings. The zero-order chi connectivity index (χ0) is 19.5. The van der Waals surface area contributed by atoms with E-state index in [4.69, 9.17) is 0 Å². The minimum Gasteiger partial charge on any atom is -0.326 e. The van der Waals surface area contributed by atoms with Gasteiger partial charge in [0.1, 0.15) is 5.69 Å². The molecule has 0 atom stereocenters. The maximum Gasteiger partial charge on any atom is 0.232 e. The van der Waals surface area contributed by atoms with Gasteiger partial charge in [-0.3, -0.25) is 9.10 Å². The molecular formula is C18H20F2N2O3S. The van der Waals surface area contributed by atoms with Crippen molar-refractivity contribution in [3.05, 3.63) is 59.2 Å². The SMILES string of the molecule is Cc1ccc(C)c(NC(=O)CCN(c2c(F)cccc2F)S(C)(=O)=O)c1. The number of carbonyl (C=O) groups is 1. The van der Waals surface area contributed by atoms with E-state index in [9.17, 15) is 22.0 Å². The van der Waals surface area contributed by atoms with Crippen molar-refractivity contribution >= 4 is 27.3 Å². The van der Waals surface area contributed by atoms with Gasteiger partial charge in [-0.1, -0.05) is 18.2 Å². The molecule has 0 radical (unpaired) electrons. The molecule has 8 heteroatoms. The van der Waals surface area contributed by atoms with Crippen LogP contribution < -0.4 is 9.62 Å². The van der Waals surface area contributed by atoms with Crippen LogP contribution in [-0.4, -0.2) is 27.1 Å². The van der Waals surface area contributed by atoms with E-state index in [1.807, 2.05) is 26.0 Å². The number of rotatable bonds is 6. The highest BCUT2D eigenvalue weighted by atomic mass is 32.2. The average Bonchev–Trinajstić information content (AvgIpc) is 2.52. The topological polar surface area (TPSA) is 66.5 Å². The molecule has 5 nitrogen and oxygen atoms in total. The van der Waals surface area contributed by atoms with E-state index in [1.165, 1.54) is 0 Å². The summed E-state index contributed by atoms with van der Waals surface area (Å²) in [5, 5.41) is 2.69. The Morgan fingerprint density at radius 3 is 2.31 bits per heavy atom. The molecule has 0 unspecified atom stereocenters. The molecule has 0 saturated carbocycles. The Balaban J connectivity index is 2.18. The van der Waals surface area contributed by atoms with Gasteiger partial charge in [0.05, 0.1) is 6.26 Å². The monoisotopic (exact) mass is 382 g/mol. The summed E-state index contributed by atoms with van der Waals surface area (Å²) >= 11 is 0. The van der Waals surface area contributed by atoms with Crippen LogP contribution in [-0.2, 0) is 14.8 Å². The standard InChI is InChI=1S/C18H20F2N2O3S/c1-12-7-8-13(2)16(11-12)21-17(23)9-10-22(26(3,24)25)18-14(19)5-4-6-15(18)20/h4-8,11H,9-10H2,1-3H3,(H,21,23). The quantitative estimate of drug-likeness (QED) is 0.833. The first-order valence-electron chi connectivity index (χ1n) is 7.88. The van der Waals surface area contributed by atoms with Crippen molar-refractivity contribution in [1.82, 2.24) is 0 Å². The normalized spacial score (nSPS) is 11.3. The highest BCUT2D eigenvalue weighted by Gasteiger charge is 2.25. The predicted octanol–water partition coefficient (Wildman–Crippen LogP) is 3.38. The van der Waals surface area contributed by atoms with E-state index in [0.29, 0.717) is 9.99 Å². The molecule has 0 aliphatic rings. The van der Waals surface area contributed by atoms with E-state index in [0.717, 1.165) is 35.6 Å². The van der Waals surface area contributed by atoms with E-state index in [2.05, 4.69) is 5.32 Å². The molecule has 0 aliphatic heterocycles. The summed E-state index contributed by atoms with van der Waals surface area (Å²) in [6, 6.07) is 8.61. The number of nitrogens with one attached hydrogen (secondary N) is 1. The van der Waals surface area contributed by atoms with E-state index in [1.54, 1.807) is 6.07 Å². The van der Waals surface area contributed by atoms with Crippen LogP contribution in [0.4, 0.5) is 20.2 Å². The lowest BCUT2D eigenvalue weighted by Gasteiger charge is -2.23. The van der Waals surface area contributed by atoms with Crippen molar-refractivity contribution in [3.63, 3.8) is 0 Å². The van der Waals surface area contributed by atoms with Crippen molar-refractivity contribution in [3.8, 4) is 0 Å². The van der Waals surface area contributed by atoms with Gasteiger partial charge in [-0.15, -0.1) is 0 Å². The summed E-state index contributed by atoms with van der Waals surface area (Å²) in [7, 11) is -3.97. The number of para-hydroxylation sites is 1. The molecule has 140 valence electrons. The van der Waals surface area contributed by atoms with Gasteiger partial charge in [0.2, 0.25) is 15.9 Å². The fourth-order valence-corrected chi connectivity index (χ4v) is 3.39. The summed E-state index contributed by atoms with van der Waals surface area (Å²) in [5.41, 5.74) is 1.73. The lowest BCUT2D eigenvalue weighted by molar-refractivity contribution is -0.116. The fraction of sp³-hybridized carbons (Fsp3) is 0.278. The molecule has 0 fully saturated rings. The number of hydrogen-bond donors (Lipinski definition) is 1. The highest BCUT2D eigenvalue weighted by molar-refractivity contribution is 7.92. The van der Waals surface area contributed by atoms with Crippen molar-refractivity contribution in [1.29, 1.82) is 0 Å². The molecule has 1 N–H and O–H groups in total. The van der Waals surface area contributed by atoms with Gasteiger partial charge in [0.15, 0.2) is 11.6 Å². The molecule has 0 aromatic heterocycles. The number of carbonyl (C=O) groups excluding carboxylic acids is 1. The maximum absolute atomic E-state index is 14.0. The molecule has 0 saturated heterocycles. The summed E-state index contributed by atoms with van der Waals surface area (Å²) in [4.78, 5) is 12.2. The first-order chi connectivity index (χ1) is 12.1. The third kappa shape index (κ3) is 4.78. The number of aryl methyl sites for hydroxylation is 2. The van der Waals surface area contributed by atoms with Gasteiger partial charge in [-0.2, -0.15) is 0 Å². The van der Waals surface area contributed by atoms with E-state index < -0.39 is 33.3 Å². The number of hydrogen-bond acceptors (Lipinski definition) is 3. The van der Waals surface area contributed by atoms with Crippen LogP contribution in [0.3, 0.4) is 0 Å². The van der Waals surface area contributed by atoms with E-state index >= 15 is 0 Å². The van der Waals surface area contributed by atoms with Crippen LogP contribution in [0.2, 0.25) is 0 Å². The Bertz CT molecular complexity index is 910. The molecule has 1 amide bonds. The summed E-state index contributed by atoms with van der Waals surface area (Å²) in [5.74, 6) is -2.47. The van der Waals surface area contributed by atoms with Crippen molar-refractivity contribution < 1.29 is 22.0 Å². The Morgan fingerprint density at radius 1 is 1.12 bits per heavy atom. The first-order valence-corrected chi connectivity index (χ1v) is 9.73. The van der Waals surface area contributed by atoms with Crippen LogP contribution in [0.1, 0.15) is 17.5 Å². The first kappa shape index (κ1) is 19.8. The maximum atomic E-state index is 14.0. The van der Waals surface area contributed by atoms with Gasteiger partial charge in [0, 0.05) is 18.7 Å².